The predicted octanol–water partition coefficient (Wildman–Crippen LogP) is 2.18. The van der Waals surface area contributed by atoms with Gasteiger partial charge in [0.15, 0.2) is 0 Å². The summed E-state index contributed by atoms with van der Waals surface area (Å²) in [5, 5.41) is 0. The van der Waals surface area contributed by atoms with Crippen molar-refractivity contribution in [1.29, 1.82) is 0 Å². The van der Waals surface area contributed by atoms with Crippen molar-refractivity contribution >= 4 is 11.8 Å². The summed E-state index contributed by atoms with van der Waals surface area (Å²) >= 11 is 0. The maximum atomic E-state index is 11.6. The second-order valence-corrected chi connectivity index (χ2v) is 5.34. The molecule has 3 atom stereocenters. The van der Waals surface area contributed by atoms with Crippen LogP contribution in [0.4, 0.5) is 5.82 Å². The van der Waals surface area contributed by atoms with E-state index in [-0.39, 0.29) is 24.2 Å². The summed E-state index contributed by atoms with van der Waals surface area (Å²) in [6.07, 6.45) is 0.324. The molecule has 1 aliphatic heterocycles. The van der Waals surface area contributed by atoms with Gasteiger partial charge in [0.2, 0.25) is 0 Å². The zero-order valence-corrected chi connectivity index (χ0v) is 12.7. The number of carbonyl (C=O) groups is 1. The number of hydrogen-bond acceptors (Lipinski definition) is 5. The van der Waals surface area contributed by atoms with E-state index < -0.39 is 0 Å². The molecule has 0 unspecified atom stereocenters. The van der Waals surface area contributed by atoms with Gasteiger partial charge in [-0.3, -0.25) is 0 Å². The molecule has 5 nitrogen and oxygen atoms in total. The van der Waals surface area contributed by atoms with Crippen LogP contribution in [0.15, 0.2) is 12.1 Å². The van der Waals surface area contributed by atoms with Gasteiger partial charge >= 0.3 is 5.97 Å². The first kappa shape index (κ1) is 14.8. The summed E-state index contributed by atoms with van der Waals surface area (Å²) < 4.78 is 10.6. The van der Waals surface area contributed by atoms with Gasteiger partial charge in [-0.05, 0) is 39.8 Å². The van der Waals surface area contributed by atoms with Crippen LogP contribution in [-0.4, -0.2) is 42.9 Å². The van der Waals surface area contributed by atoms with Gasteiger partial charge in [-0.2, -0.15) is 0 Å². The van der Waals surface area contributed by atoms with Crippen LogP contribution >= 0.6 is 0 Å². The number of rotatable bonds is 2. The normalized spacial score (nSPS) is 26.4. The predicted molar refractivity (Wildman–Crippen MR) is 77.1 cm³/mol. The minimum absolute atomic E-state index is 0.154. The quantitative estimate of drug-likeness (QED) is 0.776. The van der Waals surface area contributed by atoms with Crippen molar-refractivity contribution in [2.45, 2.75) is 45.9 Å². The van der Waals surface area contributed by atoms with Crippen LogP contribution in [0, 0.1) is 6.92 Å². The Kier molecular flexibility index (Phi) is 4.28. The maximum Gasteiger partial charge on any atom is 0.339 e. The molecule has 1 aromatic rings. The monoisotopic (exact) mass is 278 g/mol. The van der Waals surface area contributed by atoms with Crippen LogP contribution in [-0.2, 0) is 9.47 Å². The van der Waals surface area contributed by atoms with Crippen LogP contribution in [0.1, 0.15) is 36.8 Å². The van der Waals surface area contributed by atoms with E-state index in [0.29, 0.717) is 11.3 Å². The first-order valence-corrected chi connectivity index (χ1v) is 6.92. The van der Waals surface area contributed by atoms with Crippen molar-refractivity contribution in [2.24, 2.45) is 0 Å². The number of morpholine rings is 1. The highest BCUT2D eigenvalue weighted by molar-refractivity contribution is 5.90. The Bertz CT molecular complexity index is 504. The maximum absolute atomic E-state index is 11.6. The van der Waals surface area contributed by atoms with Crippen molar-refractivity contribution in [1.82, 2.24) is 4.98 Å². The molecule has 0 amide bonds. The second kappa shape index (κ2) is 5.79. The summed E-state index contributed by atoms with van der Waals surface area (Å²) in [5.74, 6) is 0.531. The molecule has 0 aliphatic carbocycles. The number of carbonyl (C=O) groups excluding carboxylic acids is 1. The molecular weight excluding hydrogens is 256 g/mol. The number of aryl methyl sites for hydroxylation is 1. The van der Waals surface area contributed by atoms with E-state index in [2.05, 4.69) is 30.7 Å². The van der Waals surface area contributed by atoms with Crippen molar-refractivity contribution in [3.63, 3.8) is 0 Å². The number of pyridine rings is 1. The lowest BCUT2D eigenvalue weighted by Gasteiger charge is -2.42. The molecular formula is C15H22N2O3. The molecule has 20 heavy (non-hydrogen) atoms. The van der Waals surface area contributed by atoms with E-state index in [0.717, 1.165) is 12.4 Å². The average Bonchev–Trinajstić information content (AvgIpc) is 2.41. The highest BCUT2D eigenvalue weighted by atomic mass is 16.5. The number of hydrogen-bond donors (Lipinski definition) is 0. The van der Waals surface area contributed by atoms with Crippen molar-refractivity contribution in [2.75, 3.05) is 18.6 Å². The number of anilines is 1. The van der Waals surface area contributed by atoms with E-state index in [1.165, 1.54) is 7.11 Å². The van der Waals surface area contributed by atoms with Gasteiger partial charge in [-0.15, -0.1) is 0 Å². The molecule has 1 saturated heterocycles. The lowest BCUT2D eigenvalue weighted by atomic mass is 10.1. The summed E-state index contributed by atoms with van der Waals surface area (Å²) in [7, 11) is 1.38. The number of methoxy groups -OCH3 is 1. The summed E-state index contributed by atoms with van der Waals surface area (Å²) in [6, 6.07) is 3.91. The average molecular weight is 278 g/mol. The molecule has 0 radical (unpaired) electrons. The number of esters is 1. The zero-order valence-electron chi connectivity index (χ0n) is 12.7. The van der Waals surface area contributed by atoms with Gasteiger partial charge in [-0.1, -0.05) is 0 Å². The fourth-order valence-corrected chi connectivity index (χ4v) is 2.56. The third-order valence-corrected chi connectivity index (χ3v) is 3.84. The third kappa shape index (κ3) is 2.77. The summed E-state index contributed by atoms with van der Waals surface area (Å²) in [4.78, 5) is 18.4. The van der Waals surface area contributed by atoms with Crippen LogP contribution in [0.25, 0.3) is 0 Å². The molecule has 0 aromatic carbocycles. The molecule has 1 aromatic heterocycles. The highest BCUT2D eigenvalue weighted by Crippen LogP contribution is 2.24. The molecule has 0 bridgehead atoms. The third-order valence-electron chi connectivity index (χ3n) is 3.84. The van der Waals surface area contributed by atoms with Crippen molar-refractivity contribution < 1.29 is 14.3 Å². The minimum atomic E-state index is -0.349. The van der Waals surface area contributed by atoms with Crippen LogP contribution < -0.4 is 4.90 Å². The Morgan fingerprint density at radius 3 is 2.70 bits per heavy atom. The Morgan fingerprint density at radius 1 is 1.40 bits per heavy atom. The largest absolute Gasteiger partial charge is 0.465 e. The zero-order chi connectivity index (χ0) is 14.9. The van der Waals surface area contributed by atoms with Gasteiger partial charge in [-0.25, -0.2) is 9.78 Å². The minimum Gasteiger partial charge on any atom is -0.465 e. The fourth-order valence-electron chi connectivity index (χ4n) is 2.56. The van der Waals surface area contributed by atoms with Crippen LogP contribution in [0.3, 0.4) is 0 Å². The van der Waals surface area contributed by atoms with Gasteiger partial charge in [0.05, 0.1) is 36.6 Å². The SMILES string of the molecule is COC(=O)c1ccc(N2C[C@H](C)O[C@@H](C)[C@H]2C)nc1C. The molecule has 5 heteroatoms. The van der Waals surface area contributed by atoms with Gasteiger partial charge < -0.3 is 14.4 Å². The smallest absolute Gasteiger partial charge is 0.339 e. The second-order valence-electron chi connectivity index (χ2n) is 5.34. The first-order chi connectivity index (χ1) is 9.43. The fraction of sp³-hybridized carbons (Fsp3) is 0.600. The number of ether oxygens (including phenoxy) is 2. The number of nitrogens with zero attached hydrogens (tertiary/aromatic N) is 2. The van der Waals surface area contributed by atoms with Crippen LogP contribution in [0.2, 0.25) is 0 Å². The molecule has 110 valence electrons. The summed E-state index contributed by atoms with van der Waals surface area (Å²) in [6.45, 7) is 8.89. The molecule has 2 rings (SSSR count). The van der Waals surface area contributed by atoms with E-state index in [1.807, 2.05) is 13.0 Å². The summed E-state index contributed by atoms with van der Waals surface area (Å²) in [5.41, 5.74) is 1.20. The van der Waals surface area contributed by atoms with Crippen molar-refractivity contribution in [3.05, 3.63) is 23.4 Å². The molecule has 2 heterocycles. The topological polar surface area (TPSA) is 51.7 Å². The highest BCUT2D eigenvalue weighted by Gasteiger charge is 2.30. The standard InChI is InChI=1S/C15H22N2O3/c1-9-8-17(11(3)12(4)20-9)14-7-6-13(10(2)16-14)15(18)19-5/h6-7,9,11-12H,8H2,1-5H3/t9-,11+,12-/m0/s1. The van der Waals surface area contributed by atoms with Crippen molar-refractivity contribution in [3.8, 4) is 0 Å². The van der Waals surface area contributed by atoms with Gasteiger partial charge in [0.25, 0.3) is 0 Å². The van der Waals surface area contributed by atoms with E-state index in [9.17, 15) is 4.79 Å². The first-order valence-electron chi connectivity index (χ1n) is 6.92. The van der Waals surface area contributed by atoms with Crippen LogP contribution in [0.5, 0.6) is 0 Å². The molecule has 0 spiro atoms. The Labute approximate surface area is 119 Å². The number of aromatic nitrogens is 1. The Hall–Kier alpha value is -1.62. The Morgan fingerprint density at radius 2 is 2.10 bits per heavy atom. The molecule has 1 aliphatic rings. The van der Waals surface area contributed by atoms with E-state index in [1.54, 1.807) is 6.07 Å². The lowest BCUT2D eigenvalue weighted by molar-refractivity contribution is -0.0260. The Balaban J connectivity index is 2.29. The molecule has 1 fully saturated rings. The van der Waals surface area contributed by atoms with Gasteiger partial charge in [0.1, 0.15) is 5.82 Å². The van der Waals surface area contributed by atoms with E-state index >= 15 is 0 Å². The van der Waals surface area contributed by atoms with E-state index in [4.69, 9.17) is 9.47 Å². The lowest BCUT2D eigenvalue weighted by Crippen LogP contribution is -2.52. The van der Waals surface area contributed by atoms with Gasteiger partial charge in [0, 0.05) is 6.54 Å². The molecule has 0 saturated carbocycles. The molecule has 0 N–H and O–H groups in total.